The summed E-state index contributed by atoms with van der Waals surface area (Å²) in [5, 5.41) is 10.5. The molecule has 2 fully saturated rings. The first-order chi connectivity index (χ1) is 12.6. The molecule has 0 radical (unpaired) electrons. The average Bonchev–Trinajstić information content (AvgIpc) is 2.66. The number of aliphatic hydroxyl groups is 1. The average molecular weight is 358 g/mol. The molecule has 2 aliphatic heterocycles. The van der Waals surface area contributed by atoms with Crippen molar-refractivity contribution in [1.29, 1.82) is 0 Å². The van der Waals surface area contributed by atoms with E-state index in [1.807, 2.05) is 11.0 Å². The van der Waals surface area contributed by atoms with Gasteiger partial charge in [-0.3, -0.25) is 9.69 Å². The van der Waals surface area contributed by atoms with E-state index in [-0.39, 0.29) is 11.9 Å². The minimum Gasteiger partial charge on any atom is -0.391 e. The third-order valence-electron chi connectivity index (χ3n) is 5.32. The Hall–Kier alpha value is -1.69. The van der Waals surface area contributed by atoms with Crippen LogP contribution in [-0.4, -0.2) is 72.4 Å². The zero-order valence-corrected chi connectivity index (χ0v) is 15.6. The van der Waals surface area contributed by atoms with Gasteiger partial charge in [-0.05, 0) is 31.7 Å². The number of ether oxygens (including phenoxy) is 1. The van der Waals surface area contributed by atoms with Gasteiger partial charge in [0.2, 0.25) is 5.91 Å². The molecule has 26 heavy (non-hydrogen) atoms. The molecule has 1 N–H and O–H groups in total. The summed E-state index contributed by atoms with van der Waals surface area (Å²) in [6, 6.07) is 8.20. The monoisotopic (exact) mass is 358 g/mol. The number of piperidine rings is 1. The molecule has 0 saturated carbocycles. The van der Waals surface area contributed by atoms with Crippen LogP contribution in [-0.2, 0) is 16.0 Å². The van der Waals surface area contributed by atoms with Crippen molar-refractivity contribution in [2.45, 2.75) is 38.3 Å². The van der Waals surface area contributed by atoms with Crippen molar-refractivity contribution < 1.29 is 14.6 Å². The number of hydrogen-bond donors (Lipinski definition) is 1. The fraction of sp³-hybridized carbons (Fsp3) is 0.571. The number of hydrogen-bond acceptors (Lipinski definition) is 4. The Morgan fingerprint density at radius 1 is 1.23 bits per heavy atom. The lowest BCUT2D eigenvalue weighted by Crippen LogP contribution is -2.51. The highest BCUT2D eigenvalue weighted by atomic mass is 16.5. The molecule has 0 aliphatic carbocycles. The third-order valence-corrected chi connectivity index (χ3v) is 5.32. The molecule has 0 unspecified atom stereocenters. The van der Waals surface area contributed by atoms with Crippen LogP contribution in [0.15, 0.2) is 36.4 Å². The quantitative estimate of drug-likeness (QED) is 0.815. The van der Waals surface area contributed by atoms with Crippen molar-refractivity contribution >= 4 is 5.91 Å². The first-order valence-corrected chi connectivity index (χ1v) is 9.64. The zero-order valence-electron chi connectivity index (χ0n) is 15.6. The number of rotatable bonds is 5. The van der Waals surface area contributed by atoms with E-state index in [1.54, 1.807) is 6.08 Å². The Morgan fingerprint density at radius 3 is 2.69 bits per heavy atom. The van der Waals surface area contributed by atoms with E-state index in [4.69, 9.17) is 4.74 Å². The second-order valence-electron chi connectivity index (χ2n) is 7.31. The maximum Gasteiger partial charge on any atom is 0.246 e. The normalized spacial score (nSPS) is 24.9. The van der Waals surface area contributed by atoms with Gasteiger partial charge in [-0.25, -0.2) is 0 Å². The van der Waals surface area contributed by atoms with Crippen molar-refractivity contribution in [3.63, 3.8) is 0 Å². The number of morpholine rings is 1. The molecule has 1 aromatic rings. The molecule has 0 bridgehead atoms. The zero-order chi connectivity index (χ0) is 18.4. The Bertz CT molecular complexity index is 608. The van der Waals surface area contributed by atoms with Crippen LogP contribution in [0.2, 0.25) is 0 Å². The summed E-state index contributed by atoms with van der Waals surface area (Å²) >= 11 is 0. The minimum absolute atomic E-state index is 0.00845. The summed E-state index contributed by atoms with van der Waals surface area (Å²) < 4.78 is 5.34. The number of benzene rings is 1. The van der Waals surface area contributed by atoms with Crippen molar-refractivity contribution in [2.24, 2.45) is 0 Å². The lowest BCUT2D eigenvalue weighted by atomic mass is 9.92. The second-order valence-corrected chi connectivity index (χ2v) is 7.31. The van der Waals surface area contributed by atoms with E-state index in [2.05, 4.69) is 36.1 Å². The fourth-order valence-electron chi connectivity index (χ4n) is 3.70. The smallest absolute Gasteiger partial charge is 0.246 e. The van der Waals surface area contributed by atoms with Crippen molar-refractivity contribution in [3.8, 4) is 0 Å². The van der Waals surface area contributed by atoms with Gasteiger partial charge in [-0.2, -0.15) is 0 Å². The van der Waals surface area contributed by atoms with Gasteiger partial charge < -0.3 is 14.7 Å². The number of carbonyl (C=O) groups is 1. The van der Waals surface area contributed by atoms with Crippen LogP contribution < -0.4 is 0 Å². The number of aliphatic hydroxyl groups excluding tert-OH is 1. The number of likely N-dealkylation sites (tertiary alicyclic amines) is 1. The lowest BCUT2D eigenvalue weighted by molar-refractivity contribution is -0.133. The molecule has 2 saturated heterocycles. The standard InChI is InChI=1S/C21H30N2O3/c1-17-6-8-18(9-7-17)16-19-20(24)4-2-11-23(19)21(25)5-3-10-22-12-14-26-15-13-22/h3,5-9,19-20,24H,2,4,10-16H2,1H3/b5-3+/t19-,20-/m0/s1. The highest BCUT2D eigenvalue weighted by Crippen LogP contribution is 2.22. The van der Waals surface area contributed by atoms with Crippen LogP contribution in [0.25, 0.3) is 0 Å². The minimum atomic E-state index is -0.457. The summed E-state index contributed by atoms with van der Waals surface area (Å²) in [6.07, 6.45) is 5.48. The SMILES string of the molecule is Cc1ccc(C[C@H]2[C@@H](O)CCCN2C(=O)/C=C/CN2CCOCC2)cc1. The maximum atomic E-state index is 12.7. The van der Waals surface area contributed by atoms with Crippen molar-refractivity contribution in [1.82, 2.24) is 9.80 Å². The summed E-state index contributed by atoms with van der Waals surface area (Å²) in [5.41, 5.74) is 2.38. The summed E-state index contributed by atoms with van der Waals surface area (Å²) in [7, 11) is 0. The number of aryl methyl sites for hydroxylation is 1. The van der Waals surface area contributed by atoms with Gasteiger partial charge in [0, 0.05) is 32.3 Å². The highest BCUT2D eigenvalue weighted by Gasteiger charge is 2.32. The number of amides is 1. The largest absolute Gasteiger partial charge is 0.391 e. The third kappa shape index (κ3) is 5.16. The highest BCUT2D eigenvalue weighted by molar-refractivity contribution is 5.88. The molecule has 142 valence electrons. The second kappa shape index (κ2) is 9.31. The first-order valence-electron chi connectivity index (χ1n) is 9.64. The fourth-order valence-corrected chi connectivity index (χ4v) is 3.70. The lowest BCUT2D eigenvalue weighted by Gasteiger charge is -2.39. The Morgan fingerprint density at radius 2 is 1.96 bits per heavy atom. The van der Waals surface area contributed by atoms with Gasteiger partial charge in [0.25, 0.3) is 0 Å². The molecule has 0 aromatic heterocycles. The van der Waals surface area contributed by atoms with E-state index >= 15 is 0 Å². The van der Waals surface area contributed by atoms with Gasteiger partial charge >= 0.3 is 0 Å². The summed E-state index contributed by atoms with van der Waals surface area (Å²) in [5.74, 6) is 0.00845. The Balaban J connectivity index is 1.60. The van der Waals surface area contributed by atoms with Gasteiger partial charge in [0.1, 0.15) is 0 Å². The van der Waals surface area contributed by atoms with Crippen molar-refractivity contribution in [2.75, 3.05) is 39.4 Å². The van der Waals surface area contributed by atoms with Crippen LogP contribution in [0.1, 0.15) is 24.0 Å². The molecule has 2 aliphatic rings. The van der Waals surface area contributed by atoms with E-state index < -0.39 is 6.10 Å². The molecule has 3 rings (SSSR count). The molecule has 1 aromatic carbocycles. The molecule has 2 heterocycles. The van der Waals surface area contributed by atoms with Gasteiger partial charge in [-0.15, -0.1) is 0 Å². The summed E-state index contributed by atoms with van der Waals surface area (Å²) in [4.78, 5) is 16.9. The van der Waals surface area contributed by atoms with E-state index in [9.17, 15) is 9.90 Å². The Labute approximate surface area is 156 Å². The van der Waals surface area contributed by atoms with Crippen LogP contribution in [0, 0.1) is 6.92 Å². The van der Waals surface area contributed by atoms with Crippen LogP contribution in [0.4, 0.5) is 0 Å². The molecule has 5 nitrogen and oxygen atoms in total. The molecule has 5 heteroatoms. The van der Waals surface area contributed by atoms with Gasteiger partial charge in [-0.1, -0.05) is 35.9 Å². The summed E-state index contributed by atoms with van der Waals surface area (Å²) in [6.45, 7) is 6.90. The van der Waals surface area contributed by atoms with Gasteiger partial charge in [0.15, 0.2) is 0 Å². The predicted molar refractivity (Wildman–Crippen MR) is 102 cm³/mol. The van der Waals surface area contributed by atoms with Crippen LogP contribution in [0.5, 0.6) is 0 Å². The number of nitrogens with zero attached hydrogens (tertiary/aromatic N) is 2. The Kier molecular flexibility index (Phi) is 6.83. The predicted octanol–water partition coefficient (Wildman–Crippen LogP) is 1.78. The molecular formula is C21H30N2O3. The first kappa shape index (κ1) is 19.1. The van der Waals surface area contributed by atoms with E-state index in [0.717, 1.165) is 51.3 Å². The molecule has 1 amide bonds. The number of carbonyl (C=O) groups excluding carboxylic acids is 1. The van der Waals surface area contributed by atoms with Crippen LogP contribution >= 0.6 is 0 Å². The van der Waals surface area contributed by atoms with Crippen LogP contribution in [0.3, 0.4) is 0 Å². The maximum absolute atomic E-state index is 12.7. The molecule has 0 spiro atoms. The van der Waals surface area contributed by atoms with E-state index in [1.165, 1.54) is 5.56 Å². The van der Waals surface area contributed by atoms with Gasteiger partial charge in [0.05, 0.1) is 25.4 Å². The van der Waals surface area contributed by atoms with E-state index in [0.29, 0.717) is 13.0 Å². The van der Waals surface area contributed by atoms with Crippen molar-refractivity contribution in [3.05, 3.63) is 47.5 Å². The molecule has 2 atom stereocenters. The molecular weight excluding hydrogens is 328 g/mol. The topological polar surface area (TPSA) is 53.0 Å².